The first-order valence-electron chi connectivity index (χ1n) is 12.3. The standard InChI is InChI=1S/C30H28ClNO6S.Na.H/c31-24-7-1-5-22(18-24)29(33)20-32-17-3-4-21-9-13-27(14-10-21)39(36,37)28-15-11-25(12-16-28)38-26-8-2-6-23(19-26)30(34)35;;/h1-2,5-16,18-19,29,32-33H,3-4,17,20H2,(H,34,35);;/t29-;;/m1../s1. The average Bonchev–Trinajstić information content (AvgIpc) is 2.93. The number of aromatic carboxylic acids is 1. The molecule has 4 rings (SSSR count). The van der Waals surface area contributed by atoms with Crippen molar-refractivity contribution in [1.82, 2.24) is 5.32 Å². The van der Waals surface area contributed by atoms with Crippen molar-refractivity contribution in [2.24, 2.45) is 0 Å². The first-order valence-corrected chi connectivity index (χ1v) is 14.2. The molecule has 0 saturated carbocycles. The molecule has 1 atom stereocenters. The molecule has 0 bridgehead atoms. The van der Waals surface area contributed by atoms with Gasteiger partial charge in [-0.25, -0.2) is 13.2 Å². The zero-order chi connectivity index (χ0) is 27.8. The van der Waals surface area contributed by atoms with E-state index < -0.39 is 21.9 Å². The van der Waals surface area contributed by atoms with Gasteiger partial charge in [-0.3, -0.25) is 0 Å². The van der Waals surface area contributed by atoms with Crippen molar-refractivity contribution >= 4 is 57.0 Å². The van der Waals surface area contributed by atoms with E-state index in [9.17, 15) is 18.3 Å². The van der Waals surface area contributed by atoms with Gasteiger partial charge in [0, 0.05) is 11.6 Å². The van der Waals surface area contributed by atoms with E-state index in [0.29, 0.717) is 29.6 Å². The van der Waals surface area contributed by atoms with E-state index in [2.05, 4.69) is 5.32 Å². The molecule has 3 N–H and O–H groups in total. The Morgan fingerprint density at radius 2 is 1.52 bits per heavy atom. The van der Waals surface area contributed by atoms with Crippen molar-refractivity contribution in [2.75, 3.05) is 13.1 Å². The molecule has 0 aromatic heterocycles. The first-order chi connectivity index (χ1) is 18.7. The Bertz CT molecular complexity index is 1530. The summed E-state index contributed by atoms with van der Waals surface area (Å²) in [5, 5.41) is 23.2. The third-order valence-corrected chi connectivity index (χ3v) is 8.10. The van der Waals surface area contributed by atoms with E-state index in [1.807, 2.05) is 6.07 Å². The molecule has 0 aliphatic rings. The van der Waals surface area contributed by atoms with Gasteiger partial charge in [0.05, 0.1) is 21.5 Å². The topological polar surface area (TPSA) is 113 Å². The zero-order valence-electron chi connectivity index (χ0n) is 21.0. The summed E-state index contributed by atoms with van der Waals surface area (Å²) in [6, 6.07) is 26.0. The summed E-state index contributed by atoms with van der Waals surface area (Å²) in [5.74, 6) is -0.330. The van der Waals surface area contributed by atoms with Gasteiger partial charge in [-0.2, -0.15) is 0 Å². The van der Waals surface area contributed by atoms with E-state index in [-0.39, 0.29) is 44.9 Å². The molecule has 0 amide bonds. The molecule has 0 radical (unpaired) electrons. The second kappa shape index (κ2) is 14.8. The number of halogens is 1. The zero-order valence-corrected chi connectivity index (χ0v) is 22.5. The molecule has 7 nitrogen and oxygen atoms in total. The van der Waals surface area contributed by atoms with Gasteiger partial charge in [0.15, 0.2) is 0 Å². The summed E-state index contributed by atoms with van der Waals surface area (Å²) in [4.78, 5) is 11.5. The molecule has 0 unspecified atom stereocenters. The minimum atomic E-state index is -3.71. The molecule has 40 heavy (non-hydrogen) atoms. The van der Waals surface area contributed by atoms with Crippen molar-refractivity contribution in [2.45, 2.75) is 28.7 Å². The molecular weight excluding hydrogens is 561 g/mol. The van der Waals surface area contributed by atoms with Crippen LogP contribution in [0.1, 0.15) is 34.0 Å². The number of hydrogen-bond acceptors (Lipinski definition) is 6. The van der Waals surface area contributed by atoms with Crippen LogP contribution < -0.4 is 10.1 Å². The van der Waals surface area contributed by atoms with E-state index >= 15 is 0 Å². The number of aryl methyl sites for hydroxylation is 1. The average molecular weight is 590 g/mol. The number of benzene rings is 4. The van der Waals surface area contributed by atoms with Crippen LogP contribution in [-0.2, 0) is 16.3 Å². The third-order valence-electron chi connectivity index (χ3n) is 6.07. The van der Waals surface area contributed by atoms with E-state index in [4.69, 9.17) is 21.4 Å². The Labute approximate surface area is 261 Å². The van der Waals surface area contributed by atoms with Crippen LogP contribution in [0.3, 0.4) is 0 Å². The molecule has 0 spiro atoms. The molecule has 0 fully saturated rings. The van der Waals surface area contributed by atoms with Gasteiger partial charge in [0.2, 0.25) is 9.84 Å². The number of nitrogens with one attached hydrogen (secondary N) is 1. The normalized spacial score (nSPS) is 11.8. The van der Waals surface area contributed by atoms with Crippen LogP contribution in [0.4, 0.5) is 0 Å². The van der Waals surface area contributed by atoms with Crippen LogP contribution in [0.2, 0.25) is 5.02 Å². The Morgan fingerprint density at radius 1 is 0.875 bits per heavy atom. The molecule has 0 aliphatic heterocycles. The van der Waals surface area contributed by atoms with Crippen molar-refractivity contribution in [3.8, 4) is 11.5 Å². The summed E-state index contributed by atoms with van der Waals surface area (Å²) in [7, 11) is -3.71. The van der Waals surface area contributed by atoms with Gasteiger partial charge < -0.3 is 20.3 Å². The predicted octanol–water partition coefficient (Wildman–Crippen LogP) is 5.27. The Kier molecular flexibility index (Phi) is 11.8. The van der Waals surface area contributed by atoms with Crippen molar-refractivity contribution in [1.29, 1.82) is 0 Å². The number of rotatable bonds is 12. The number of ether oxygens (including phenoxy) is 1. The first kappa shape index (κ1) is 31.8. The van der Waals surface area contributed by atoms with Crippen LogP contribution in [-0.4, -0.2) is 67.2 Å². The van der Waals surface area contributed by atoms with E-state index in [1.165, 1.54) is 36.4 Å². The number of carbonyl (C=O) groups is 1. The number of aliphatic hydroxyl groups is 1. The SMILES string of the molecule is O=C(O)c1cccc(Oc2ccc(S(=O)(=O)c3ccc(CCCNC[C@@H](O)c4cccc(Cl)c4)cc3)cc2)c1.[NaH]. The molecular formula is C30H29ClNNaO6S. The van der Waals surface area contributed by atoms with Crippen molar-refractivity contribution < 1.29 is 28.2 Å². The van der Waals surface area contributed by atoms with E-state index in [0.717, 1.165) is 24.0 Å². The quantitative estimate of drug-likeness (QED) is 0.152. The fourth-order valence-electron chi connectivity index (χ4n) is 3.97. The maximum absolute atomic E-state index is 13.1. The molecule has 4 aromatic rings. The molecule has 204 valence electrons. The molecule has 4 aromatic carbocycles. The minimum absolute atomic E-state index is 0. The van der Waals surface area contributed by atoms with Gasteiger partial charge in [0.1, 0.15) is 11.5 Å². The fraction of sp³-hybridized carbons (Fsp3) is 0.167. The molecule has 0 heterocycles. The Balaban J connectivity index is 0.00000441. The maximum atomic E-state index is 13.1. The summed E-state index contributed by atoms with van der Waals surface area (Å²) >= 11 is 5.97. The van der Waals surface area contributed by atoms with Gasteiger partial charge in [-0.15, -0.1) is 0 Å². The predicted molar refractivity (Wildman–Crippen MR) is 157 cm³/mol. The summed E-state index contributed by atoms with van der Waals surface area (Å²) in [6.45, 7) is 1.11. The van der Waals surface area contributed by atoms with Gasteiger partial charge in [-0.1, -0.05) is 41.9 Å². The summed E-state index contributed by atoms with van der Waals surface area (Å²) < 4.78 is 31.8. The van der Waals surface area contributed by atoms with Crippen molar-refractivity contribution in [3.63, 3.8) is 0 Å². The number of sulfone groups is 1. The molecule has 0 saturated heterocycles. The van der Waals surface area contributed by atoms with Crippen LogP contribution in [0.5, 0.6) is 11.5 Å². The third kappa shape index (κ3) is 8.65. The fourth-order valence-corrected chi connectivity index (χ4v) is 5.43. The second-order valence-electron chi connectivity index (χ2n) is 8.93. The van der Waals surface area contributed by atoms with Gasteiger partial charge in [-0.05, 0) is 97.2 Å². The number of hydrogen-bond donors (Lipinski definition) is 3. The monoisotopic (exact) mass is 589 g/mol. The number of carboxylic acid groups (broad SMARTS) is 1. The molecule has 10 heteroatoms. The van der Waals surface area contributed by atoms with Crippen LogP contribution >= 0.6 is 11.6 Å². The summed E-state index contributed by atoms with van der Waals surface area (Å²) in [5.41, 5.74) is 1.87. The van der Waals surface area contributed by atoms with Crippen LogP contribution in [0.15, 0.2) is 107 Å². The Morgan fingerprint density at radius 3 is 2.17 bits per heavy atom. The van der Waals surface area contributed by atoms with E-state index in [1.54, 1.807) is 54.6 Å². The van der Waals surface area contributed by atoms with Crippen LogP contribution in [0, 0.1) is 0 Å². The summed E-state index contributed by atoms with van der Waals surface area (Å²) in [6.07, 6.45) is 0.943. The van der Waals surface area contributed by atoms with Crippen LogP contribution in [0.25, 0.3) is 0 Å². The van der Waals surface area contributed by atoms with Gasteiger partial charge >= 0.3 is 35.5 Å². The Hall–Kier alpha value is -2.69. The van der Waals surface area contributed by atoms with Gasteiger partial charge in [0.25, 0.3) is 0 Å². The molecule has 0 aliphatic carbocycles. The number of carboxylic acids is 1. The number of aliphatic hydroxyl groups excluding tert-OH is 1. The second-order valence-corrected chi connectivity index (χ2v) is 11.3. The van der Waals surface area contributed by atoms with Crippen molar-refractivity contribution in [3.05, 3.63) is 119 Å².